The molecule has 0 saturated heterocycles. The van der Waals surface area contributed by atoms with Gasteiger partial charge in [0.1, 0.15) is 17.7 Å². The number of aromatic nitrogens is 1. The molecule has 0 aliphatic heterocycles. The predicted molar refractivity (Wildman–Crippen MR) is 82.4 cm³/mol. The molecule has 20 heavy (non-hydrogen) atoms. The summed E-state index contributed by atoms with van der Waals surface area (Å²) in [6, 6.07) is 4.43. The third-order valence-electron chi connectivity index (χ3n) is 2.48. The number of halogens is 4. The summed E-state index contributed by atoms with van der Waals surface area (Å²) in [6.45, 7) is 1.74. The van der Waals surface area contributed by atoms with E-state index in [1.807, 2.05) is 0 Å². The smallest absolute Gasteiger partial charge is 0.142 e. The monoisotopic (exact) mass is 380 g/mol. The molecule has 0 fully saturated rings. The van der Waals surface area contributed by atoms with Crippen LogP contribution in [-0.2, 0) is 0 Å². The van der Waals surface area contributed by atoms with Crippen LogP contribution in [0.3, 0.4) is 0 Å². The number of nitrogens with zero attached hydrogens (tertiary/aromatic N) is 1. The Labute approximate surface area is 134 Å². The maximum Gasteiger partial charge on any atom is 0.142 e. The second-order valence-electron chi connectivity index (χ2n) is 3.86. The van der Waals surface area contributed by atoms with E-state index in [-0.39, 0.29) is 11.2 Å². The van der Waals surface area contributed by atoms with Gasteiger partial charge in [-0.3, -0.25) is 4.98 Å². The summed E-state index contributed by atoms with van der Waals surface area (Å²) in [5, 5.41) is 0.338. The first-order valence-electron chi connectivity index (χ1n) is 5.39. The van der Waals surface area contributed by atoms with Gasteiger partial charge in [0.25, 0.3) is 0 Å². The van der Waals surface area contributed by atoms with E-state index in [4.69, 9.17) is 27.9 Å². The highest BCUT2D eigenvalue weighted by atomic mass is 79.9. The number of pyridine rings is 1. The molecule has 3 nitrogen and oxygen atoms in total. The molecule has 0 amide bonds. The largest absolute Gasteiger partial charge is 0.484 e. The van der Waals surface area contributed by atoms with Crippen molar-refractivity contribution < 1.29 is 9.13 Å². The van der Waals surface area contributed by atoms with E-state index >= 15 is 0 Å². The summed E-state index contributed by atoms with van der Waals surface area (Å²) < 4.78 is 19.9. The molecule has 0 aliphatic carbocycles. The van der Waals surface area contributed by atoms with Crippen LogP contribution >= 0.6 is 39.1 Å². The van der Waals surface area contributed by atoms with E-state index in [0.29, 0.717) is 16.3 Å². The maximum atomic E-state index is 13.5. The molecule has 1 atom stereocenters. The summed E-state index contributed by atoms with van der Waals surface area (Å²) >= 11 is 15.3. The SMILES string of the molecule is C[C@@H](Oc1cncc(Br)c1)c1c(Cl)ccc(F)c1Cl.N. The Balaban J connectivity index is 0.00000200. The van der Waals surface area contributed by atoms with Crippen molar-refractivity contribution in [2.24, 2.45) is 0 Å². The van der Waals surface area contributed by atoms with Gasteiger partial charge in [0, 0.05) is 21.3 Å². The average Bonchev–Trinajstić information content (AvgIpc) is 2.34. The van der Waals surface area contributed by atoms with Gasteiger partial charge in [-0.25, -0.2) is 4.39 Å². The molecule has 3 N–H and O–H groups in total. The van der Waals surface area contributed by atoms with Crippen LogP contribution in [0, 0.1) is 5.82 Å². The van der Waals surface area contributed by atoms with Gasteiger partial charge in [0.2, 0.25) is 0 Å². The van der Waals surface area contributed by atoms with Gasteiger partial charge in [-0.2, -0.15) is 0 Å². The van der Waals surface area contributed by atoms with E-state index in [9.17, 15) is 4.39 Å². The lowest BCUT2D eigenvalue weighted by molar-refractivity contribution is 0.225. The van der Waals surface area contributed by atoms with Crippen LogP contribution < -0.4 is 10.9 Å². The van der Waals surface area contributed by atoms with E-state index in [1.54, 1.807) is 25.4 Å². The van der Waals surface area contributed by atoms with Crippen molar-refractivity contribution in [3.05, 3.63) is 56.5 Å². The molecule has 2 aromatic rings. The van der Waals surface area contributed by atoms with Gasteiger partial charge >= 0.3 is 0 Å². The number of rotatable bonds is 3. The lowest BCUT2D eigenvalue weighted by Gasteiger charge is -2.17. The summed E-state index contributed by atoms with van der Waals surface area (Å²) in [7, 11) is 0. The highest BCUT2D eigenvalue weighted by Gasteiger charge is 2.18. The zero-order valence-corrected chi connectivity index (χ0v) is 13.6. The molecule has 108 valence electrons. The number of hydrogen-bond acceptors (Lipinski definition) is 3. The van der Waals surface area contributed by atoms with Gasteiger partial charge in [0.05, 0.1) is 11.2 Å². The lowest BCUT2D eigenvalue weighted by Crippen LogP contribution is -2.06. The molecule has 0 saturated carbocycles. The summed E-state index contributed by atoms with van der Waals surface area (Å²) in [5.74, 6) is 0.0159. The Hall–Kier alpha value is -0.880. The Morgan fingerprint density at radius 3 is 2.65 bits per heavy atom. The molecule has 7 heteroatoms. The van der Waals surface area contributed by atoms with E-state index in [1.165, 1.54) is 12.1 Å². The van der Waals surface area contributed by atoms with Crippen molar-refractivity contribution in [2.45, 2.75) is 13.0 Å². The molecule has 1 aromatic heterocycles. The zero-order valence-electron chi connectivity index (χ0n) is 10.5. The normalized spacial score (nSPS) is 11.7. The van der Waals surface area contributed by atoms with Crippen LogP contribution in [0.15, 0.2) is 35.1 Å². The quantitative estimate of drug-likeness (QED) is 0.704. The number of benzene rings is 1. The third kappa shape index (κ3) is 3.82. The first-order valence-corrected chi connectivity index (χ1v) is 6.94. The fourth-order valence-corrected chi connectivity index (χ4v) is 2.66. The number of ether oxygens (including phenoxy) is 1. The molecule has 1 aromatic carbocycles. The minimum absolute atomic E-state index is 0. The van der Waals surface area contributed by atoms with E-state index < -0.39 is 11.9 Å². The average molecular weight is 382 g/mol. The minimum atomic E-state index is -0.524. The molecule has 0 bridgehead atoms. The predicted octanol–water partition coefficient (Wildman–Crippen LogP) is 5.59. The van der Waals surface area contributed by atoms with Gasteiger partial charge in [-0.1, -0.05) is 23.2 Å². The van der Waals surface area contributed by atoms with Crippen LogP contribution in [-0.4, -0.2) is 4.98 Å². The lowest BCUT2D eigenvalue weighted by atomic mass is 10.1. The van der Waals surface area contributed by atoms with Gasteiger partial charge in [0.15, 0.2) is 0 Å². The Morgan fingerprint density at radius 1 is 1.30 bits per heavy atom. The first-order chi connectivity index (χ1) is 8.99. The number of hydrogen-bond donors (Lipinski definition) is 1. The van der Waals surface area contributed by atoms with Crippen LogP contribution in [0.5, 0.6) is 5.75 Å². The standard InChI is InChI=1S/C13H9BrCl2FNO.H3N/c1-7(19-9-4-8(14)5-18-6-9)12-10(15)2-3-11(17)13(12)16;/h2-7H,1H3;1H3/t7-;/m1./s1. The van der Waals surface area contributed by atoms with Crippen LogP contribution in [0.25, 0.3) is 0 Å². The summed E-state index contributed by atoms with van der Waals surface area (Å²) in [4.78, 5) is 3.98. The molecule has 0 unspecified atom stereocenters. The molecule has 2 rings (SSSR count). The highest BCUT2D eigenvalue weighted by molar-refractivity contribution is 9.10. The minimum Gasteiger partial charge on any atom is -0.484 e. The second-order valence-corrected chi connectivity index (χ2v) is 5.56. The summed E-state index contributed by atoms with van der Waals surface area (Å²) in [5.41, 5.74) is 0.420. The van der Waals surface area contributed by atoms with E-state index in [0.717, 1.165) is 4.47 Å². The molecular formula is C13H12BrCl2FN2O. The fraction of sp³-hybridized carbons (Fsp3) is 0.154. The van der Waals surface area contributed by atoms with Crippen LogP contribution in [0.1, 0.15) is 18.6 Å². The zero-order chi connectivity index (χ0) is 14.0. The molecule has 1 heterocycles. The van der Waals surface area contributed by atoms with Gasteiger partial charge < -0.3 is 10.9 Å². The van der Waals surface area contributed by atoms with Crippen molar-refractivity contribution in [3.8, 4) is 5.75 Å². The Bertz CT molecular complexity index is 613. The van der Waals surface area contributed by atoms with Crippen molar-refractivity contribution in [1.82, 2.24) is 11.1 Å². The first kappa shape index (κ1) is 17.2. The summed E-state index contributed by atoms with van der Waals surface area (Å²) in [6.07, 6.45) is 2.70. The Kier molecular flexibility index (Phi) is 6.20. The van der Waals surface area contributed by atoms with Crippen LogP contribution in [0.2, 0.25) is 10.0 Å². The van der Waals surface area contributed by atoms with E-state index in [2.05, 4.69) is 20.9 Å². The molecular weight excluding hydrogens is 370 g/mol. The third-order valence-corrected chi connectivity index (χ3v) is 3.63. The topological polar surface area (TPSA) is 57.1 Å². The fourth-order valence-electron chi connectivity index (χ4n) is 1.64. The van der Waals surface area contributed by atoms with Gasteiger partial charge in [-0.05, 0) is 41.1 Å². The van der Waals surface area contributed by atoms with Crippen molar-refractivity contribution in [3.63, 3.8) is 0 Å². The Morgan fingerprint density at radius 2 is 2.00 bits per heavy atom. The van der Waals surface area contributed by atoms with Crippen molar-refractivity contribution >= 4 is 39.1 Å². The molecule has 0 radical (unpaired) electrons. The van der Waals surface area contributed by atoms with Gasteiger partial charge in [-0.15, -0.1) is 0 Å². The highest BCUT2D eigenvalue weighted by Crippen LogP contribution is 2.34. The molecule has 0 spiro atoms. The molecule has 0 aliphatic rings. The van der Waals surface area contributed by atoms with Crippen molar-refractivity contribution in [1.29, 1.82) is 0 Å². The maximum absolute atomic E-state index is 13.5. The second kappa shape index (κ2) is 7.22. The van der Waals surface area contributed by atoms with Crippen LogP contribution in [0.4, 0.5) is 4.39 Å². The van der Waals surface area contributed by atoms with Crippen molar-refractivity contribution in [2.75, 3.05) is 0 Å².